The summed E-state index contributed by atoms with van der Waals surface area (Å²) in [7, 11) is 0. The Labute approximate surface area is 174 Å². The second-order valence-corrected chi connectivity index (χ2v) is 7.26. The van der Waals surface area contributed by atoms with E-state index in [1.54, 1.807) is 6.07 Å². The van der Waals surface area contributed by atoms with Gasteiger partial charge in [0.05, 0.1) is 11.6 Å². The lowest BCUT2D eigenvalue weighted by Gasteiger charge is -2.37. The van der Waals surface area contributed by atoms with Gasteiger partial charge in [0.15, 0.2) is 5.11 Å². The van der Waals surface area contributed by atoms with Crippen LogP contribution in [0.15, 0.2) is 64.8 Å². The Balaban J connectivity index is 1.83. The number of rotatable bonds is 5. The van der Waals surface area contributed by atoms with Gasteiger partial charge in [-0.05, 0) is 43.3 Å². The minimum Gasteiger partial charge on any atom is -0.351 e. The van der Waals surface area contributed by atoms with E-state index < -0.39 is 0 Å². The van der Waals surface area contributed by atoms with Gasteiger partial charge in [-0.3, -0.25) is 0 Å². The van der Waals surface area contributed by atoms with Crippen LogP contribution < -0.4 is 5.32 Å². The molecule has 0 saturated carbocycles. The Bertz CT molecular complexity index is 1060. The number of benzene rings is 2. The first-order valence-electron chi connectivity index (χ1n) is 9.52. The third kappa shape index (κ3) is 3.78. The lowest BCUT2D eigenvalue weighted by Crippen LogP contribution is -2.46. The van der Waals surface area contributed by atoms with E-state index in [2.05, 4.69) is 22.4 Å². The maximum Gasteiger partial charge on any atom is 0.258 e. The molecule has 148 valence electrons. The number of nitrogens with zero attached hydrogens (tertiary/aromatic N) is 3. The number of nitrogens with one attached hydrogen (secondary N) is 1. The molecule has 1 aromatic heterocycles. The molecule has 3 aromatic rings. The zero-order chi connectivity index (χ0) is 20.4. The minimum atomic E-state index is -0.379. The Hall–Kier alpha value is -3.06. The van der Waals surface area contributed by atoms with Crippen molar-refractivity contribution in [1.82, 2.24) is 20.4 Å². The second-order valence-electron chi connectivity index (χ2n) is 6.88. The third-order valence-electron chi connectivity index (χ3n) is 4.91. The van der Waals surface area contributed by atoms with Crippen molar-refractivity contribution >= 4 is 22.9 Å². The first kappa shape index (κ1) is 19.3. The maximum absolute atomic E-state index is 13.9. The summed E-state index contributed by atoms with van der Waals surface area (Å²) in [4.78, 5) is 6.65. The van der Waals surface area contributed by atoms with Crippen molar-refractivity contribution in [1.29, 1.82) is 0 Å². The van der Waals surface area contributed by atoms with Gasteiger partial charge in [0.25, 0.3) is 5.89 Å². The molecule has 1 aliphatic rings. The van der Waals surface area contributed by atoms with Crippen LogP contribution in [-0.2, 0) is 0 Å². The Kier molecular flexibility index (Phi) is 5.40. The molecular weight excluding hydrogens is 387 g/mol. The third-order valence-corrected chi connectivity index (χ3v) is 5.25. The summed E-state index contributed by atoms with van der Waals surface area (Å²) < 4.78 is 19.6. The molecule has 1 aliphatic heterocycles. The van der Waals surface area contributed by atoms with Crippen molar-refractivity contribution in [2.24, 2.45) is 0 Å². The lowest BCUT2D eigenvalue weighted by molar-refractivity contribution is 0.396. The summed E-state index contributed by atoms with van der Waals surface area (Å²) in [5, 5.41) is 8.09. The number of hydrogen-bond donors (Lipinski definition) is 1. The van der Waals surface area contributed by atoms with Gasteiger partial charge in [-0.15, -0.1) is 0 Å². The average Bonchev–Trinajstić information content (AvgIpc) is 3.21. The molecule has 1 N–H and O–H groups in total. The molecule has 0 saturated heterocycles. The van der Waals surface area contributed by atoms with Crippen LogP contribution in [0.2, 0.25) is 0 Å². The highest BCUT2D eigenvalue weighted by atomic mass is 32.1. The van der Waals surface area contributed by atoms with E-state index in [9.17, 15) is 4.39 Å². The summed E-state index contributed by atoms with van der Waals surface area (Å²) in [5.41, 5.74) is 3.34. The standard InChI is InChI=1S/C22H21FN4OS/c1-3-12-27-14(2)18(19(24-22(27)29)16-10-7-11-17(23)13-16)21-25-20(26-28-21)15-8-5-4-6-9-15/h4-11,13,19H,3,12H2,1-2H3,(H,24,29). The molecule has 0 amide bonds. The van der Waals surface area contributed by atoms with Gasteiger partial charge in [0.2, 0.25) is 5.82 Å². The Morgan fingerprint density at radius 2 is 1.97 bits per heavy atom. The average molecular weight is 409 g/mol. The summed E-state index contributed by atoms with van der Waals surface area (Å²) in [6.07, 6.45) is 0.927. The first-order chi connectivity index (χ1) is 14.1. The van der Waals surface area contributed by atoms with Crippen molar-refractivity contribution in [3.05, 3.63) is 77.6 Å². The van der Waals surface area contributed by atoms with Gasteiger partial charge < -0.3 is 14.7 Å². The zero-order valence-corrected chi connectivity index (χ0v) is 17.0. The molecule has 0 fully saturated rings. The van der Waals surface area contributed by atoms with Crippen LogP contribution in [0.1, 0.15) is 37.8 Å². The summed E-state index contributed by atoms with van der Waals surface area (Å²) in [6, 6.07) is 15.7. The number of thiocarbonyl (C=S) groups is 1. The largest absolute Gasteiger partial charge is 0.351 e. The van der Waals surface area contributed by atoms with E-state index in [-0.39, 0.29) is 11.9 Å². The van der Waals surface area contributed by atoms with E-state index in [4.69, 9.17) is 16.7 Å². The zero-order valence-electron chi connectivity index (χ0n) is 16.2. The molecular formula is C22H21FN4OS. The molecule has 0 aliphatic carbocycles. The molecule has 2 heterocycles. The van der Waals surface area contributed by atoms with Crippen LogP contribution in [0.4, 0.5) is 4.39 Å². The monoisotopic (exact) mass is 408 g/mol. The van der Waals surface area contributed by atoms with E-state index in [0.717, 1.165) is 35.4 Å². The summed E-state index contributed by atoms with van der Waals surface area (Å²) in [5.74, 6) is 0.597. The molecule has 0 radical (unpaired) electrons. The first-order valence-corrected chi connectivity index (χ1v) is 9.93. The fraction of sp³-hybridized carbons (Fsp3) is 0.227. The highest BCUT2D eigenvalue weighted by Gasteiger charge is 2.33. The second kappa shape index (κ2) is 8.13. The van der Waals surface area contributed by atoms with Crippen LogP contribution in [0.25, 0.3) is 17.0 Å². The molecule has 4 rings (SSSR count). The molecule has 0 bridgehead atoms. The van der Waals surface area contributed by atoms with Crippen LogP contribution in [0.3, 0.4) is 0 Å². The molecule has 2 aromatic carbocycles. The van der Waals surface area contributed by atoms with Crippen LogP contribution >= 0.6 is 12.2 Å². The van der Waals surface area contributed by atoms with E-state index >= 15 is 0 Å². The SMILES string of the molecule is CCCN1C(=S)NC(c2cccc(F)c2)C(c2nc(-c3ccccc3)no2)=C1C. The predicted molar refractivity (Wildman–Crippen MR) is 114 cm³/mol. The van der Waals surface area contributed by atoms with E-state index in [0.29, 0.717) is 16.8 Å². The minimum absolute atomic E-state index is 0.307. The maximum atomic E-state index is 13.9. The number of hydrogen-bond acceptors (Lipinski definition) is 4. The number of aromatic nitrogens is 2. The molecule has 1 atom stereocenters. The van der Waals surface area contributed by atoms with Gasteiger partial charge in [0.1, 0.15) is 5.82 Å². The normalized spacial score (nSPS) is 16.9. The van der Waals surface area contributed by atoms with Crippen molar-refractivity contribution in [2.75, 3.05) is 6.54 Å². The Morgan fingerprint density at radius 1 is 1.17 bits per heavy atom. The number of allylic oxidation sites excluding steroid dienone is 1. The van der Waals surface area contributed by atoms with Gasteiger partial charge in [-0.2, -0.15) is 4.98 Å². The Morgan fingerprint density at radius 3 is 2.69 bits per heavy atom. The van der Waals surface area contributed by atoms with Crippen LogP contribution in [0.5, 0.6) is 0 Å². The van der Waals surface area contributed by atoms with Crippen LogP contribution in [0, 0.1) is 5.82 Å². The van der Waals surface area contributed by atoms with Crippen molar-refractivity contribution < 1.29 is 8.91 Å². The van der Waals surface area contributed by atoms with E-state index in [1.165, 1.54) is 12.1 Å². The molecule has 0 spiro atoms. The molecule has 5 nitrogen and oxygen atoms in total. The molecule has 7 heteroatoms. The predicted octanol–water partition coefficient (Wildman–Crippen LogP) is 4.95. The van der Waals surface area contributed by atoms with E-state index in [1.807, 2.05) is 48.2 Å². The fourth-order valence-electron chi connectivity index (χ4n) is 3.52. The fourth-order valence-corrected chi connectivity index (χ4v) is 3.87. The summed E-state index contributed by atoms with van der Waals surface area (Å²) in [6.45, 7) is 4.84. The molecule has 1 unspecified atom stereocenters. The smallest absolute Gasteiger partial charge is 0.258 e. The highest BCUT2D eigenvalue weighted by molar-refractivity contribution is 7.80. The van der Waals surface area contributed by atoms with Crippen molar-refractivity contribution in [3.63, 3.8) is 0 Å². The molecule has 29 heavy (non-hydrogen) atoms. The quantitative estimate of drug-likeness (QED) is 0.603. The van der Waals surface area contributed by atoms with Crippen molar-refractivity contribution in [3.8, 4) is 11.4 Å². The lowest BCUT2D eigenvalue weighted by atomic mass is 9.94. The number of halogens is 1. The van der Waals surface area contributed by atoms with Crippen molar-refractivity contribution in [2.45, 2.75) is 26.3 Å². The van der Waals surface area contributed by atoms with Gasteiger partial charge in [-0.25, -0.2) is 4.39 Å². The van der Waals surface area contributed by atoms with Crippen LogP contribution in [-0.4, -0.2) is 26.7 Å². The van der Waals surface area contributed by atoms with Gasteiger partial charge in [0, 0.05) is 17.8 Å². The van der Waals surface area contributed by atoms with Gasteiger partial charge >= 0.3 is 0 Å². The van der Waals surface area contributed by atoms with Gasteiger partial charge in [-0.1, -0.05) is 54.5 Å². The highest BCUT2D eigenvalue weighted by Crippen LogP contribution is 2.37. The summed E-state index contributed by atoms with van der Waals surface area (Å²) >= 11 is 5.58. The topological polar surface area (TPSA) is 54.2 Å².